The highest BCUT2D eigenvalue weighted by Crippen LogP contribution is 2.27. The Kier molecular flexibility index (Phi) is 5.90. The number of carbonyl (C=O) groups is 1. The van der Waals surface area contributed by atoms with Crippen LogP contribution in [0.15, 0.2) is 18.2 Å². The summed E-state index contributed by atoms with van der Waals surface area (Å²) in [4.78, 5) is 12.0. The Balaban J connectivity index is 1.73. The van der Waals surface area contributed by atoms with Gasteiger partial charge in [0.05, 0.1) is 13.7 Å². The molecule has 1 aliphatic rings. The van der Waals surface area contributed by atoms with Crippen LogP contribution in [0.25, 0.3) is 0 Å². The van der Waals surface area contributed by atoms with E-state index in [0.29, 0.717) is 13.2 Å². The topological polar surface area (TPSA) is 47.6 Å². The SMILES string of the molecule is COc1cc(C)ccc1OCCNC(=O)C1CCCCC1. The lowest BCUT2D eigenvalue weighted by Gasteiger charge is -2.20. The molecule has 0 saturated heterocycles. The molecule has 0 aromatic heterocycles. The van der Waals surface area contributed by atoms with E-state index in [1.165, 1.54) is 19.3 Å². The Morgan fingerprint density at radius 1 is 1.24 bits per heavy atom. The maximum absolute atomic E-state index is 12.0. The van der Waals surface area contributed by atoms with E-state index >= 15 is 0 Å². The second-order valence-electron chi connectivity index (χ2n) is 5.63. The van der Waals surface area contributed by atoms with Crippen molar-refractivity contribution in [3.63, 3.8) is 0 Å². The summed E-state index contributed by atoms with van der Waals surface area (Å²) in [6, 6.07) is 5.82. The Morgan fingerprint density at radius 3 is 2.71 bits per heavy atom. The summed E-state index contributed by atoms with van der Waals surface area (Å²) >= 11 is 0. The van der Waals surface area contributed by atoms with Crippen LogP contribution >= 0.6 is 0 Å². The summed E-state index contributed by atoms with van der Waals surface area (Å²) < 4.78 is 11.0. The van der Waals surface area contributed by atoms with Crippen molar-refractivity contribution >= 4 is 5.91 Å². The van der Waals surface area contributed by atoms with Crippen molar-refractivity contribution in [2.45, 2.75) is 39.0 Å². The van der Waals surface area contributed by atoms with Gasteiger partial charge >= 0.3 is 0 Å². The molecule has 1 aromatic carbocycles. The summed E-state index contributed by atoms with van der Waals surface area (Å²) in [5.41, 5.74) is 1.13. The molecule has 21 heavy (non-hydrogen) atoms. The fourth-order valence-corrected chi connectivity index (χ4v) is 2.74. The van der Waals surface area contributed by atoms with E-state index in [9.17, 15) is 4.79 Å². The van der Waals surface area contributed by atoms with Crippen LogP contribution in [0, 0.1) is 12.8 Å². The molecule has 4 nitrogen and oxygen atoms in total. The number of hydrogen-bond donors (Lipinski definition) is 1. The number of rotatable bonds is 6. The van der Waals surface area contributed by atoms with Crippen LogP contribution in [-0.2, 0) is 4.79 Å². The second kappa shape index (κ2) is 7.91. The molecule has 1 fully saturated rings. The predicted octanol–water partition coefficient (Wildman–Crippen LogP) is 3.08. The van der Waals surface area contributed by atoms with Crippen LogP contribution in [0.2, 0.25) is 0 Å². The van der Waals surface area contributed by atoms with Gasteiger partial charge in [-0.25, -0.2) is 0 Å². The van der Waals surface area contributed by atoms with Crippen molar-refractivity contribution in [2.24, 2.45) is 5.92 Å². The Labute approximate surface area is 126 Å². The molecule has 0 heterocycles. The molecule has 1 amide bonds. The first-order chi connectivity index (χ1) is 10.2. The van der Waals surface area contributed by atoms with Gasteiger partial charge in [-0.05, 0) is 37.5 Å². The summed E-state index contributed by atoms with van der Waals surface area (Å²) in [7, 11) is 1.63. The quantitative estimate of drug-likeness (QED) is 0.819. The second-order valence-corrected chi connectivity index (χ2v) is 5.63. The molecular formula is C17H25NO3. The van der Waals surface area contributed by atoms with Gasteiger partial charge in [0.2, 0.25) is 5.91 Å². The molecule has 4 heteroatoms. The van der Waals surface area contributed by atoms with Gasteiger partial charge in [0.15, 0.2) is 11.5 Å². The smallest absolute Gasteiger partial charge is 0.223 e. The number of ether oxygens (including phenoxy) is 2. The highest BCUT2D eigenvalue weighted by atomic mass is 16.5. The van der Waals surface area contributed by atoms with E-state index in [2.05, 4.69) is 5.32 Å². The minimum absolute atomic E-state index is 0.175. The lowest BCUT2D eigenvalue weighted by molar-refractivity contribution is -0.126. The molecule has 1 saturated carbocycles. The number of benzene rings is 1. The van der Waals surface area contributed by atoms with Gasteiger partial charge in [-0.1, -0.05) is 25.3 Å². The molecule has 0 aliphatic heterocycles. The maximum Gasteiger partial charge on any atom is 0.223 e. The zero-order valence-electron chi connectivity index (χ0n) is 13.0. The zero-order chi connectivity index (χ0) is 15.1. The molecular weight excluding hydrogens is 266 g/mol. The number of methoxy groups -OCH3 is 1. The van der Waals surface area contributed by atoms with Gasteiger partial charge in [0.25, 0.3) is 0 Å². The monoisotopic (exact) mass is 291 g/mol. The first kappa shape index (κ1) is 15.7. The zero-order valence-corrected chi connectivity index (χ0v) is 13.0. The third-order valence-corrected chi connectivity index (χ3v) is 3.95. The lowest BCUT2D eigenvalue weighted by Crippen LogP contribution is -2.34. The van der Waals surface area contributed by atoms with Gasteiger partial charge < -0.3 is 14.8 Å². The normalized spacial score (nSPS) is 15.5. The molecule has 1 N–H and O–H groups in total. The first-order valence-corrected chi connectivity index (χ1v) is 7.76. The average molecular weight is 291 g/mol. The van der Waals surface area contributed by atoms with Gasteiger partial charge in [-0.15, -0.1) is 0 Å². The Hall–Kier alpha value is -1.71. The average Bonchev–Trinajstić information content (AvgIpc) is 2.53. The summed E-state index contributed by atoms with van der Waals surface area (Å²) in [6.07, 6.45) is 5.67. The molecule has 0 spiro atoms. The third kappa shape index (κ3) is 4.66. The number of aryl methyl sites for hydroxylation is 1. The van der Waals surface area contributed by atoms with Crippen LogP contribution in [0.4, 0.5) is 0 Å². The highest BCUT2D eigenvalue weighted by Gasteiger charge is 2.20. The fraction of sp³-hybridized carbons (Fsp3) is 0.588. The molecule has 0 radical (unpaired) electrons. The van der Waals surface area contributed by atoms with Crippen molar-refractivity contribution < 1.29 is 14.3 Å². The van der Waals surface area contributed by atoms with Crippen LogP contribution in [0.1, 0.15) is 37.7 Å². The standard InChI is InChI=1S/C17H25NO3/c1-13-8-9-15(16(12-13)20-2)21-11-10-18-17(19)14-6-4-3-5-7-14/h8-9,12,14H,3-7,10-11H2,1-2H3,(H,18,19). The Bertz CT molecular complexity index is 467. The maximum atomic E-state index is 12.0. The third-order valence-electron chi connectivity index (χ3n) is 3.95. The van der Waals surface area contributed by atoms with Crippen LogP contribution < -0.4 is 14.8 Å². The fourth-order valence-electron chi connectivity index (χ4n) is 2.74. The van der Waals surface area contributed by atoms with Crippen molar-refractivity contribution in [2.75, 3.05) is 20.3 Å². The van der Waals surface area contributed by atoms with Gasteiger partial charge in [-0.2, -0.15) is 0 Å². The predicted molar refractivity (Wildman–Crippen MR) is 82.8 cm³/mol. The van der Waals surface area contributed by atoms with Crippen molar-refractivity contribution in [3.8, 4) is 11.5 Å². The highest BCUT2D eigenvalue weighted by molar-refractivity contribution is 5.78. The number of hydrogen-bond acceptors (Lipinski definition) is 3. The molecule has 2 rings (SSSR count). The molecule has 0 unspecified atom stereocenters. The molecule has 0 atom stereocenters. The number of amides is 1. The minimum Gasteiger partial charge on any atom is -0.493 e. The van der Waals surface area contributed by atoms with Crippen LogP contribution in [0.5, 0.6) is 11.5 Å². The van der Waals surface area contributed by atoms with E-state index < -0.39 is 0 Å². The molecule has 116 valence electrons. The summed E-state index contributed by atoms with van der Waals surface area (Å²) in [5.74, 6) is 1.82. The van der Waals surface area contributed by atoms with Crippen molar-refractivity contribution in [1.82, 2.24) is 5.32 Å². The minimum atomic E-state index is 0.175. The van der Waals surface area contributed by atoms with Crippen LogP contribution in [0.3, 0.4) is 0 Å². The largest absolute Gasteiger partial charge is 0.493 e. The molecule has 1 aromatic rings. The van der Waals surface area contributed by atoms with Gasteiger partial charge in [0, 0.05) is 5.92 Å². The molecule has 1 aliphatic carbocycles. The summed E-state index contributed by atoms with van der Waals surface area (Å²) in [5, 5.41) is 2.97. The van der Waals surface area contributed by atoms with Gasteiger partial charge in [0.1, 0.15) is 6.61 Å². The number of carbonyl (C=O) groups excluding carboxylic acids is 1. The molecule has 0 bridgehead atoms. The number of nitrogens with one attached hydrogen (secondary N) is 1. The lowest BCUT2D eigenvalue weighted by atomic mass is 9.89. The van der Waals surface area contributed by atoms with E-state index in [0.717, 1.165) is 29.9 Å². The van der Waals surface area contributed by atoms with E-state index in [1.807, 2.05) is 25.1 Å². The first-order valence-electron chi connectivity index (χ1n) is 7.76. The Morgan fingerprint density at radius 2 is 2.00 bits per heavy atom. The van der Waals surface area contributed by atoms with E-state index in [1.54, 1.807) is 7.11 Å². The van der Waals surface area contributed by atoms with E-state index in [4.69, 9.17) is 9.47 Å². The van der Waals surface area contributed by atoms with Crippen LogP contribution in [-0.4, -0.2) is 26.2 Å². The summed E-state index contributed by atoms with van der Waals surface area (Å²) in [6.45, 7) is 3.00. The van der Waals surface area contributed by atoms with E-state index in [-0.39, 0.29) is 11.8 Å². The van der Waals surface area contributed by atoms with Crippen molar-refractivity contribution in [1.29, 1.82) is 0 Å². The van der Waals surface area contributed by atoms with Gasteiger partial charge in [-0.3, -0.25) is 4.79 Å². The van der Waals surface area contributed by atoms with Crippen molar-refractivity contribution in [3.05, 3.63) is 23.8 Å².